The maximum atomic E-state index is 5.88. The van der Waals surface area contributed by atoms with Crippen LogP contribution < -0.4 is 4.74 Å². The van der Waals surface area contributed by atoms with Crippen molar-refractivity contribution in [1.29, 1.82) is 0 Å². The van der Waals surface area contributed by atoms with E-state index in [-0.39, 0.29) is 0 Å². The molecule has 0 aliphatic carbocycles. The molecule has 2 rings (SSSR count). The van der Waals surface area contributed by atoms with Gasteiger partial charge in [0.15, 0.2) is 0 Å². The summed E-state index contributed by atoms with van der Waals surface area (Å²) in [6, 6.07) is 16.2. The molecule has 2 aromatic rings. The Labute approximate surface area is 114 Å². The lowest BCUT2D eigenvalue weighted by Crippen LogP contribution is -1.88. The Bertz CT molecular complexity index is 518. The zero-order chi connectivity index (χ0) is 13.5. The fraction of sp³-hybridized carbons (Fsp3) is 0.111. The topological polar surface area (TPSA) is 9.23 Å². The summed E-state index contributed by atoms with van der Waals surface area (Å²) in [6.45, 7) is 7.50. The predicted molar refractivity (Wildman–Crippen MR) is 80.8 cm³/mol. The molecule has 0 saturated heterocycles. The van der Waals surface area contributed by atoms with Gasteiger partial charge in [-0.3, -0.25) is 0 Å². The normalized spacial score (nSPS) is 9.89. The van der Waals surface area contributed by atoms with Gasteiger partial charge in [-0.1, -0.05) is 36.4 Å². The molecule has 0 aliphatic heterocycles. The number of hydrogen-bond donors (Lipinski definition) is 0. The van der Waals surface area contributed by atoms with Crippen LogP contribution in [0.25, 0.3) is 0 Å². The van der Waals surface area contributed by atoms with Crippen molar-refractivity contribution < 1.29 is 4.74 Å². The van der Waals surface area contributed by atoms with Crippen LogP contribution in [0.3, 0.4) is 0 Å². The predicted octanol–water partition coefficient (Wildman–Crippen LogP) is 4.94. The molecule has 0 aliphatic rings. The van der Waals surface area contributed by atoms with E-state index in [1.54, 1.807) is 0 Å². The van der Waals surface area contributed by atoms with E-state index in [9.17, 15) is 0 Å². The summed E-state index contributed by atoms with van der Waals surface area (Å²) in [5, 5.41) is 0. The number of allylic oxidation sites excluding steroid dienone is 2. The SMILES string of the molecule is C=CCc1cccc(Oc2cccc(CC=C)c2)c1. The van der Waals surface area contributed by atoms with Gasteiger partial charge >= 0.3 is 0 Å². The van der Waals surface area contributed by atoms with Crippen molar-refractivity contribution in [2.75, 3.05) is 0 Å². The van der Waals surface area contributed by atoms with Crippen LogP contribution in [0.4, 0.5) is 0 Å². The molecular formula is C18H18O. The number of hydrogen-bond acceptors (Lipinski definition) is 1. The van der Waals surface area contributed by atoms with Gasteiger partial charge in [-0.2, -0.15) is 0 Å². The summed E-state index contributed by atoms with van der Waals surface area (Å²) >= 11 is 0. The van der Waals surface area contributed by atoms with Crippen molar-refractivity contribution in [3.05, 3.63) is 85.0 Å². The van der Waals surface area contributed by atoms with Crippen molar-refractivity contribution >= 4 is 0 Å². The molecule has 19 heavy (non-hydrogen) atoms. The van der Waals surface area contributed by atoms with Crippen LogP contribution in [0.2, 0.25) is 0 Å². The molecule has 0 spiro atoms. The van der Waals surface area contributed by atoms with E-state index in [1.165, 1.54) is 11.1 Å². The molecule has 1 heteroatoms. The summed E-state index contributed by atoms with van der Waals surface area (Å²) in [6.07, 6.45) is 5.50. The first-order chi connectivity index (χ1) is 9.31. The first-order valence-electron chi connectivity index (χ1n) is 6.39. The van der Waals surface area contributed by atoms with E-state index in [2.05, 4.69) is 25.3 Å². The van der Waals surface area contributed by atoms with Gasteiger partial charge in [0.25, 0.3) is 0 Å². The van der Waals surface area contributed by atoms with Crippen LogP contribution in [0, 0.1) is 0 Å². The fourth-order valence-corrected chi connectivity index (χ4v) is 1.94. The average Bonchev–Trinajstić information content (AvgIpc) is 2.40. The molecule has 0 aromatic heterocycles. The van der Waals surface area contributed by atoms with Crippen molar-refractivity contribution in [2.45, 2.75) is 12.8 Å². The van der Waals surface area contributed by atoms with Crippen LogP contribution in [-0.2, 0) is 12.8 Å². The third-order valence-electron chi connectivity index (χ3n) is 2.79. The quantitative estimate of drug-likeness (QED) is 0.660. The Kier molecular flexibility index (Phi) is 4.57. The Morgan fingerprint density at radius 3 is 1.68 bits per heavy atom. The highest BCUT2D eigenvalue weighted by Gasteiger charge is 1.99. The molecule has 0 unspecified atom stereocenters. The van der Waals surface area contributed by atoms with Gasteiger partial charge in [-0.05, 0) is 48.2 Å². The zero-order valence-electron chi connectivity index (χ0n) is 11.0. The molecule has 0 fully saturated rings. The summed E-state index contributed by atoms with van der Waals surface area (Å²) in [7, 11) is 0. The van der Waals surface area contributed by atoms with E-state index in [4.69, 9.17) is 4.74 Å². The molecule has 0 atom stereocenters. The standard InChI is InChI=1S/C18H18O/c1-3-7-15-9-5-11-17(13-15)19-18-12-6-10-16(14-18)8-4-2/h3-6,9-14H,1-2,7-8H2. The third kappa shape index (κ3) is 3.85. The average molecular weight is 250 g/mol. The molecule has 0 radical (unpaired) electrons. The lowest BCUT2D eigenvalue weighted by atomic mass is 10.1. The largest absolute Gasteiger partial charge is 0.457 e. The maximum Gasteiger partial charge on any atom is 0.127 e. The zero-order valence-corrected chi connectivity index (χ0v) is 11.0. The lowest BCUT2D eigenvalue weighted by Gasteiger charge is -2.08. The van der Waals surface area contributed by atoms with Gasteiger partial charge in [0.05, 0.1) is 0 Å². The highest BCUT2D eigenvalue weighted by Crippen LogP contribution is 2.23. The smallest absolute Gasteiger partial charge is 0.127 e. The molecule has 0 N–H and O–H groups in total. The van der Waals surface area contributed by atoms with Crippen LogP contribution in [0.1, 0.15) is 11.1 Å². The third-order valence-corrected chi connectivity index (χ3v) is 2.79. The van der Waals surface area contributed by atoms with Crippen molar-refractivity contribution in [3.8, 4) is 11.5 Å². The summed E-state index contributed by atoms with van der Waals surface area (Å²) in [4.78, 5) is 0. The molecule has 0 amide bonds. The van der Waals surface area contributed by atoms with E-state index in [0.717, 1.165) is 24.3 Å². The molecule has 1 nitrogen and oxygen atoms in total. The first kappa shape index (κ1) is 13.2. The monoisotopic (exact) mass is 250 g/mol. The van der Waals surface area contributed by atoms with Crippen LogP contribution in [0.5, 0.6) is 11.5 Å². The van der Waals surface area contributed by atoms with E-state index in [0.29, 0.717) is 0 Å². The Balaban J connectivity index is 2.15. The van der Waals surface area contributed by atoms with Crippen molar-refractivity contribution in [1.82, 2.24) is 0 Å². The second-order valence-electron chi connectivity index (χ2n) is 4.38. The summed E-state index contributed by atoms with van der Waals surface area (Å²) in [5.41, 5.74) is 2.41. The molecule has 0 heterocycles. The fourth-order valence-electron chi connectivity index (χ4n) is 1.94. The van der Waals surface area contributed by atoms with Gasteiger partial charge in [-0.25, -0.2) is 0 Å². The number of benzene rings is 2. The molecular weight excluding hydrogens is 232 g/mol. The van der Waals surface area contributed by atoms with Gasteiger partial charge in [-0.15, -0.1) is 13.2 Å². The summed E-state index contributed by atoms with van der Waals surface area (Å²) in [5.74, 6) is 1.71. The number of ether oxygens (including phenoxy) is 1. The van der Waals surface area contributed by atoms with Gasteiger partial charge < -0.3 is 4.74 Å². The second-order valence-corrected chi connectivity index (χ2v) is 4.38. The highest BCUT2D eigenvalue weighted by molar-refractivity contribution is 5.36. The molecule has 96 valence electrons. The Morgan fingerprint density at radius 2 is 1.26 bits per heavy atom. The molecule has 0 bridgehead atoms. The van der Waals surface area contributed by atoms with Crippen molar-refractivity contribution in [3.63, 3.8) is 0 Å². The summed E-state index contributed by atoms with van der Waals surface area (Å²) < 4.78 is 5.88. The van der Waals surface area contributed by atoms with Gasteiger partial charge in [0.2, 0.25) is 0 Å². The lowest BCUT2D eigenvalue weighted by molar-refractivity contribution is 0.481. The highest BCUT2D eigenvalue weighted by atomic mass is 16.5. The van der Waals surface area contributed by atoms with Gasteiger partial charge in [0, 0.05) is 0 Å². The Hall–Kier alpha value is -2.28. The van der Waals surface area contributed by atoms with E-state index in [1.807, 2.05) is 48.6 Å². The first-order valence-corrected chi connectivity index (χ1v) is 6.39. The van der Waals surface area contributed by atoms with E-state index < -0.39 is 0 Å². The minimum absolute atomic E-state index is 0.855. The van der Waals surface area contributed by atoms with Crippen LogP contribution >= 0.6 is 0 Å². The maximum absolute atomic E-state index is 5.88. The van der Waals surface area contributed by atoms with Crippen molar-refractivity contribution in [2.24, 2.45) is 0 Å². The van der Waals surface area contributed by atoms with E-state index >= 15 is 0 Å². The van der Waals surface area contributed by atoms with Crippen LogP contribution in [-0.4, -0.2) is 0 Å². The second kappa shape index (κ2) is 6.60. The minimum atomic E-state index is 0.855. The molecule has 2 aromatic carbocycles. The van der Waals surface area contributed by atoms with Gasteiger partial charge in [0.1, 0.15) is 11.5 Å². The minimum Gasteiger partial charge on any atom is -0.457 e. The number of rotatable bonds is 6. The van der Waals surface area contributed by atoms with Crippen LogP contribution in [0.15, 0.2) is 73.8 Å². The Morgan fingerprint density at radius 1 is 0.789 bits per heavy atom. The molecule has 0 saturated carbocycles.